The third-order valence-electron chi connectivity index (χ3n) is 5.68. The van der Waals surface area contributed by atoms with Crippen LogP contribution in [-0.4, -0.2) is 18.2 Å². The molecule has 1 aliphatic heterocycles. The molecule has 3 N–H and O–H groups in total. The van der Waals surface area contributed by atoms with Crippen molar-refractivity contribution in [2.45, 2.75) is 39.2 Å². The third-order valence-corrected chi connectivity index (χ3v) is 5.68. The molecule has 6 nitrogen and oxygen atoms in total. The normalized spacial score (nSPS) is 12.9. The zero-order valence-corrected chi connectivity index (χ0v) is 18.3. The largest absolute Gasteiger partial charge is 0.489 e. The van der Waals surface area contributed by atoms with Crippen LogP contribution in [0.2, 0.25) is 0 Å². The Balaban J connectivity index is 1.61. The third kappa shape index (κ3) is 4.47. The number of aliphatic hydroxyl groups is 1. The average molecular weight is 434 g/mol. The monoisotopic (exact) mass is 433 g/mol. The van der Waals surface area contributed by atoms with E-state index < -0.39 is 6.10 Å². The van der Waals surface area contributed by atoms with E-state index in [-0.39, 0.29) is 12.4 Å². The zero-order valence-electron chi connectivity index (χ0n) is 18.3. The summed E-state index contributed by atoms with van der Waals surface area (Å²) in [5.74, 6) is 1.05. The molecule has 1 atom stereocenters. The van der Waals surface area contributed by atoms with Crippen LogP contribution < -0.4 is 15.2 Å². The van der Waals surface area contributed by atoms with Gasteiger partial charge >= 0.3 is 5.97 Å². The highest BCUT2D eigenvalue weighted by atomic mass is 16.5. The molecule has 1 heterocycles. The van der Waals surface area contributed by atoms with Gasteiger partial charge in [-0.25, -0.2) is 0 Å². The van der Waals surface area contributed by atoms with Gasteiger partial charge in [-0.3, -0.25) is 4.79 Å². The molecule has 0 unspecified atom stereocenters. The quantitative estimate of drug-likeness (QED) is 0.546. The van der Waals surface area contributed by atoms with Gasteiger partial charge in [0.2, 0.25) is 0 Å². The molecule has 166 valence electrons. The van der Waals surface area contributed by atoms with Crippen molar-refractivity contribution >= 4 is 5.97 Å². The maximum absolute atomic E-state index is 11.8. The molecule has 3 aromatic carbocycles. The van der Waals surface area contributed by atoms with Crippen LogP contribution in [0.25, 0.3) is 11.1 Å². The van der Waals surface area contributed by atoms with Crippen molar-refractivity contribution in [3.63, 3.8) is 0 Å². The Morgan fingerprint density at radius 3 is 2.72 bits per heavy atom. The van der Waals surface area contributed by atoms with E-state index in [9.17, 15) is 9.90 Å². The highest BCUT2D eigenvalue weighted by Gasteiger charge is 2.20. The van der Waals surface area contributed by atoms with Crippen LogP contribution in [0.4, 0.5) is 0 Å². The van der Waals surface area contributed by atoms with E-state index in [1.165, 1.54) is 7.11 Å². The molecule has 0 spiro atoms. The van der Waals surface area contributed by atoms with E-state index in [0.29, 0.717) is 31.1 Å². The summed E-state index contributed by atoms with van der Waals surface area (Å²) >= 11 is 0. The van der Waals surface area contributed by atoms with Crippen LogP contribution in [0.3, 0.4) is 0 Å². The number of ether oxygens (including phenoxy) is 3. The standard InChI is InChI=1S/C26H27NO5/c1-16(28)18-8-9-19(12-25(29)30-2)24(11-18)31-14-17-6-7-21-15-32-26-20(13-27)4-3-5-22(26)23(21)10-17/h3-11,16,28H,12-15,27H2,1-2H3/t16-/m0/s1. The molecule has 0 bridgehead atoms. The van der Waals surface area contributed by atoms with Gasteiger partial charge in [-0.05, 0) is 41.3 Å². The Bertz CT molecular complexity index is 1140. The molecule has 0 saturated heterocycles. The zero-order chi connectivity index (χ0) is 22.7. The smallest absolute Gasteiger partial charge is 0.310 e. The molecular weight excluding hydrogens is 406 g/mol. The lowest BCUT2D eigenvalue weighted by Crippen LogP contribution is -2.10. The SMILES string of the molecule is COC(=O)Cc1ccc([C@H](C)O)cc1OCc1ccc2c(c1)-c1cccc(CN)c1OC2. The van der Waals surface area contributed by atoms with Crippen molar-refractivity contribution in [3.8, 4) is 22.6 Å². The summed E-state index contributed by atoms with van der Waals surface area (Å²) in [6.07, 6.45) is -0.538. The Labute approximate surface area is 187 Å². The predicted octanol–water partition coefficient (Wildman–Crippen LogP) is 4.05. The van der Waals surface area contributed by atoms with E-state index in [1.54, 1.807) is 25.1 Å². The van der Waals surface area contributed by atoms with Crippen LogP contribution in [0, 0.1) is 0 Å². The summed E-state index contributed by atoms with van der Waals surface area (Å²) < 4.78 is 16.9. The second-order valence-electron chi connectivity index (χ2n) is 7.86. The van der Waals surface area contributed by atoms with Gasteiger partial charge in [-0.1, -0.05) is 42.5 Å². The van der Waals surface area contributed by atoms with Gasteiger partial charge in [0.1, 0.15) is 24.7 Å². The first kappa shape index (κ1) is 21.9. The number of para-hydroxylation sites is 1. The Morgan fingerprint density at radius 2 is 1.97 bits per heavy atom. The highest BCUT2D eigenvalue weighted by Crippen LogP contribution is 2.40. The summed E-state index contributed by atoms with van der Waals surface area (Å²) in [5.41, 5.74) is 12.5. The summed E-state index contributed by atoms with van der Waals surface area (Å²) in [6, 6.07) is 17.5. The minimum atomic E-state index is -0.637. The van der Waals surface area contributed by atoms with Crippen molar-refractivity contribution in [2.24, 2.45) is 5.73 Å². The van der Waals surface area contributed by atoms with Crippen LogP contribution in [0.5, 0.6) is 11.5 Å². The maximum Gasteiger partial charge on any atom is 0.310 e. The van der Waals surface area contributed by atoms with Crippen molar-refractivity contribution in [1.29, 1.82) is 0 Å². The lowest BCUT2D eigenvalue weighted by Gasteiger charge is -2.23. The summed E-state index contributed by atoms with van der Waals surface area (Å²) in [7, 11) is 1.36. The summed E-state index contributed by atoms with van der Waals surface area (Å²) in [4.78, 5) is 11.8. The van der Waals surface area contributed by atoms with Crippen molar-refractivity contribution in [2.75, 3.05) is 7.11 Å². The number of methoxy groups -OCH3 is 1. The number of hydrogen-bond acceptors (Lipinski definition) is 6. The average Bonchev–Trinajstić information content (AvgIpc) is 2.82. The van der Waals surface area contributed by atoms with Crippen LogP contribution in [0.1, 0.15) is 40.8 Å². The molecule has 1 aliphatic rings. The first-order chi connectivity index (χ1) is 15.5. The molecule has 0 radical (unpaired) electrons. The Kier molecular flexibility index (Phi) is 6.44. The fourth-order valence-electron chi connectivity index (χ4n) is 3.87. The van der Waals surface area contributed by atoms with Crippen molar-refractivity contribution < 1.29 is 24.1 Å². The molecule has 0 saturated carbocycles. The molecule has 0 amide bonds. The van der Waals surface area contributed by atoms with Gasteiger partial charge in [0.25, 0.3) is 0 Å². The second kappa shape index (κ2) is 9.42. The molecule has 6 heteroatoms. The molecule has 0 aliphatic carbocycles. The first-order valence-electron chi connectivity index (χ1n) is 10.6. The molecule has 4 rings (SSSR count). The van der Waals surface area contributed by atoms with Crippen molar-refractivity contribution in [1.82, 2.24) is 0 Å². The number of nitrogens with two attached hydrogens (primary N) is 1. The van der Waals surface area contributed by atoms with Crippen LogP contribution >= 0.6 is 0 Å². The molecule has 0 fully saturated rings. The molecular formula is C26H27NO5. The second-order valence-corrected chi connectivity index (χ2v) is 7.86. The van der Waals surface area contributed by atoms with E-state index in [4.69, 9.17) is 19.9 Å². The van der Waals surface area contributed by atoms with Crippen LogP contribution in [-0.2, 0) is 35.7 Å². The maximum atomic E-state index is 11.8. The topological polar surface area (TPSA) is 91.0 Å². The number of carbonyl (C=O) groups is 1. The molecule has 3 aromatic rings. The summed E-state index contributed by atoms with van der Waals surface area (Å²) in [6.45, 7) is 2.93. The minimum Gasteiger partial charge on any atom is -0.489 e. The number of carbonyl (C=O) groups excluding carboxylic acids is 1. The Hall–Kier alpha value is -3.35. The number of benzene rings is 3. The highest BCUT2D eigenvalue weighted by molar-refractivity contribution is 5.77. The minimum absolute atomic E-state index is 0.0999. The van der Waals surface area contributed by atoms with Gasteiger partial charge < -0.3 is 25.1 Å². The summed E-state index contributed by atoms with van der Waals surface area (Å²) in [5, 5.41) is 9.95. The fraction of sp³-hybridized carbons (Fsp3) is 0.269. The van der Waals surface area contributed by atoms with E-state index in [0.717, 1.165) is 39.1 Å². The van der Waals surface area contributed by atoms with E-state index >= 15 is 0 Å². The van der Waals surface area contributed by atoms with Gasteiger partial charge in [-0.2, -0.15) is 0 Å². The number of rotatable bonds is 7. The molecule has 32 heavy (non-hydrogen) atoms. The van der Waals surface area contributed by atoms with Crippen LogP contribution in [0.15, 0.2) is 54.6 Å². The Morgan fingerprint density at radius 1 is 1.12 bits per heavy atom. The number of hydrogen-bond donors (Lipinski definition) is 2. The molecule has 0 aromatic heterocycles. The number of fused-ring (bicyclic) bond motifs is 3. The lowest BCUT2D eigenvalue weighted by molar-refractivity contribution is -0.139. The fourth-order valence-corrected chi connectivity index (χ4v) is 3.87. The van der Waals surface area contributed by atoms with Gasteiger partial charge in [0, 0.05) is 23.2 Å². The van der Waals surface area contributed by atoms with Crippen molar-refractivity contribution in [3.05, 3.63) is 82.4 Å². The van der Waals surface area contributed by atoms with Gasteiger partial charge in [-0.15, -0.1) is 0 Å². The first-order valence-corrected chi connectivity index (χ1v) is 10.6. The number of aliphatic hydroxyl groups excluding tert-OH is 1. The van der Waals surface area contributed by atoms with E-state index in [1.807, 2.05) is 30.3 Å². The predicted molar refractivity (Wildman–Crippen MR) is 121 cm³/mol. The lowest BCUT2D eigenvalue weighted by atomic mass is 9.93. The van der Waals surface area contributed by atoms with Gasteiger partial charge in [0.05, 0.1) is 19.6 Å². The van der Waals surface area contributed by atoms with Gasteiger partial charge in [0.15, 0.2) is 0 Å². The van der Waals surface area contributed by atoms with E-state index in [2.05, 4.69) is 6.07 Å². The number of esters is 1.